The zero-order valence-electron chi connectivity index (χ0n) is 9.89. The van der Waals surface area contributed by atoms with Gasteiger partial charge in [-0.15, -0.1) is 0 Å². The minimum Gasteiger partial charge on any atom is -0.479 e. The van der Waals surface area contributed by atoms with Crippen LogP contribution in [0, 0.1) is 0 Å². The van der Waals surface area contributed by atoms with E-state index in [0.717, 1.165) is 0 Å². The topological polar surface area (TPSA) is 94.1 Å². The number of rotatable bonds is 5. The van der Waals surface area contributed by atoms with E-state index in [2.05, 4.69) is 5.32 Å². The molecule has 2 unspecified atom stereocenters. The highest BCUT2D eigenvalue weighted by Crippen LogP contribution is 2.08. The molecular weight excluding hydrogens is 230 g/mol. The second-order valence-electron chi connectivity index (χ2n) is 3.99. The quantitative estimate of drug-likeness (QED) is 0.647. The van der Waals surface area contributed by atoms with Crippen LogP contribution in [0.15, 0.2) is 0 Å². The Morgan fingerprint density at radius 2 is 2.24 bits per heavy atom. The van der Waals surface area contributed by atoms with Gasteiger partial charge in [-0.1, -0.05) is 0 Å². The van der Waals surface area contributed by atoms with Crippen LogP contribution in [0.3, 0.4) is 0 Å². The molecule has 0 aromatic carbocycles. The second kappa shape index (κ2) is 5.95. The van der Waals surface area contributed by atoms with Crippen molar-refractivity contribution in [2.45, 2.75) is 18.6 Å². The van der Waals surface area contributed by atoms with E-state index < -0.39 is 23.5 Å². The van der Waals surface area contributed by atoms with Crippen LogP contribution in [0.5, 0.6) is 0 Å². The first kappa shape index (κ1) is 13.9. The van der Waals surface area contributed by atoms with Crippen molar-refractivity contribution in [1.82, 2.24) is 5.32 Å². The van der Waals surface area contributed by atoms with E-state index in [1.54, 1.807) is 0 Å². The Morgan fingerprint density at radius 1 is 1.53 bits per heavy atom. The van der Waals surface area contributed by atoms with Gasteiger partial charge in [0.1, 0.15) is 0 Å². The van der Waals surface area contributed by atoms with Gasteiger partial charge in [0.05, 0.1) is 26.4 Å². The van der Waals surface area contributed by atoms with Crippen molar-refractivity contribution in [3.05, 3.63) is 0 Å². The van der Waals surface area contributed by atoms with Gasteiger partial charge >= 0.3 is 5.97 Å². The number of carbonyl (C=O) groups is 2. The normalized spacial score (nSPS) is 23.8. The SMILES string of the molecule is COCC(C)(NC(=O)C1COCCO1)C(=O)O. The monoisotopic (exact) mass is 247 g/mol. The number of carbonyl (C=O) groups excluding carboxylic acids is 1. The van der Waals surface area contributed by atoms with Crippen LogP contribution < -0.4 is 5.32 Å². The summed E-state index contributed by atoms with van der Waals surface area (Å²) in [5.41, 5.74) is -1.47. The molecule has 1 amide bonds. The van der Waals surface area contributed by atoms with Gasteiger partial charge in [0.25, 0.3) is 5.91 Å². The number of hydrogen-bond acceptors (Lipinski definition) is 5. The first-order valence-electron chi connectivity index (χ1n) is 5.23. The van der Waals surface area contributed by atoms with Gasteiger partial charge in [0.15, 0.2) is 11.6 Å². The van der Waals surface area contributed by atoms with Gasteiger partial charge < -0.3 is 24.6 Å². The first-order valence-corrected chi connectivity index (χ1v) is 5.23. The molecular formula is C10H17NO6. The van der Waals surface area contributed by atoms with Crippen molar-refractivity contribution in [2.24, 2.45) is 0 Å². The lowest BCUT2D eigenvalue weighted by Gasteiger charge is -2.29. The van der Waals surface area contributed by atoms with E-state index in [0.29, 0.717) is 13.2 Å². The smallest absolute Gasteiger partial charge is 0.331 e. The van der Waals surface area contributed by atoms with Gasteiger partial charge in [-0.2, -0.15) is 0 Å². The lowest BCUT2D eigenvalue weighted by molar-refractivity contribution is -0.157. The largest absolute Gasteiger partial charge is 0.479 e. The van der Waals surface area contributed by atoms with Crippen LogP contribution in [-0.2, 0) is 23.8 Å². The van der Waals surface area contributed by atoms with E-state index in [1.165, 1.54) is 14.0 Å². The third-order valence-electron chi connectivity index (χ3n) is 2.41. The fourth-order valence-corrected chi connectivity index (χ4v) is 1.43. The lowest BCUT2D eigenvalue weighted by Crippen LogP contribution is -2.59. The Morgan fingerprint density at radius 3 is 2.71 bits per heavy atom. The molecule has 98 valence electrons. The van der Waals surface area contributed by atoms with Gasteiger partial charge in [0.2, 0.25) is 0 Å². The van der Waals surface area contributed by atoms with E-state index >= 15 is 0 Å². The predicted molar refractivity (Wildman–Crippen MR) is 56.6 cm³/mol. The summed E-state index contributed by atoms with van der Waals surface area (Å²) in [5.74, 6) is -1.67. The van der Waals surface area contributed by atoms with Crippen molar-refractivity contribution in [1.29, 1.82) is 0 Å². The second-order valence-corrected chi connectivity index (χ2v) is 3.99. The maximum Gasteiger partial charge on any atom is 0.331 e. The van der Waals surface area contributed by atoms with E-state index in [1.807, 2.05) is 0 Å². The van der Waals surface area contributed by atoms with Crippen LogP contribution in [0.2, 0.25) is 0 Å². The lowest BCUT2D eigenvalue weighted by atomic mass is 10.0. The molecule has 7 heteroatoms. The molecule has 0 spiro atoms. The maximum atomic E-state index is 11.8. The molecule has 0 radical (unpaired) electrons. The van der Waals surface area contributed by atoms with Crippen molar-refractivity contribution >= 4 is 11.9 Å². The van der Waals surface area contributed by atoms with Crippen LogP contribution in [0.4, 0.5) is 0 Å². The number of hydrogen-bond donors (Lipinski definition) is 2. The van der Waals surface area contributed by atoms with E-state index in [9.17, 15) is 9.59 Å². The molecule has 1 fully saturated rings. The highest BCUT2D eigenvalue weighted by atomic mass is 16.6. The highest BCUT2D eigenvalue weighted by Gasteiger charge is 2.37. The van der Waals surface area contributed by atoms with Crippen LogP contribution in [0.1, 0.15) is 6.92 Å². The average molecular weight is 247 g/mol. The Bertz CT molecular complexity index is 289. The molecule has 0 bridgehead atoms. The number of nitrogens with one attached hydrogen (secondary N) is 1. The minimum absolute atomic E-state index is 0.123. The number of methoxy groups -OCH3 is 1. The molecule has 0 saturated carbocycles. The summed E-state index contributed by atoms with van der Waals surface area (Å²) in [6.45, 7) is 2.15. The molecule has 0 aromatic rings. The van der Waals surface area contributed by atoms with Crippen molar-refractivity contribution in [3.8, 4) is 0 Å². The number of carboxylic acids is 1. The van der Waals surface area contributed by atoms with Crippen molar-refractivity contribution < 1.29 is 28.9 Å². The standard InChI is InChI=1S/C10H17NO6/c1-10(6-15-2,9(13)14)11-8(12)7-5-16-3-4-17-7/h7H,3-6H2,1-2H3,(H,11,12)(H,13,14). The van der Waals surface area contributed by atoms with E-state index in [-0.39, 0.29) is 13.2 Å². The molecule has 0 aliphatic carbocycles. The first-order chi connectivity index (χ1) is 7.99. The maximum absolute atomic E-state index is 11.8. The molecule has 1 heterocycles. The zero-order chi connectivity index (χ0) is 12.9. The summed E-state index contributed by atoms with van der Waals surface area (Å²) in [5, 5.41) is 11.4. The third-order valence-corrected chi connectivity index (χ3v) is 2.41. The fraction of sp³-hybridized carbons (Fsp3) is 0.800. The minimum atomic E-state index is -1.47. The van der Waals surface area contributed by atoms with Gasteiger partial charge in [0, 0.05) is 7.11 Å². The van der Waals surface area contributed by atoms with Crippen molar-refractivity contribution in [2.75, 3.05) is 33.5 Å². The molecule has 1 aliphatic rings. The van der Waals surface area contributed by atoms with Crippen LogP contribution >= 0.6 is 0 Å². The summed E-state index contributed by atoms with van der Waals surface area (Å²) in [4.78, 5) is 22.8. The zero-order valence-corrected chi connectivity index (χ0v) is 9.89. The van der Waals surface area contributed by atoms with Crippen molar-refractivity contribution in [3.63, 3.8) is 0 Å². The average Bonchev–Trinajstić information content (AvgIpc) is 2.30. The summed E-state index contributed by atoms with van der Waals surface area (Å²) in [7, 11) is 1.37. The third kappa shape index (κ3) is 3.65. The Kier molecular flexibility index (Phi) is 4.86. The van der Waals surface area contributed by atoms with Crippen LogP contribution in [-0.4, -0.2) is 62.2 Å². The number of ether oxygens (including phenoxy) is 3. The highest BCUT2D eigenvalue weighted by molar-refractivity contribution is 5.89. The molecule has 0 aromatic heterocycles. The van der Waals surface area contributed by atoms with E-state index in [4.69, 9.17) is 19.3 Å². The molecule has 17 heavy (non-hydrogen) atoms. The Labute approximate surface area is 99.0 Å². The van der Waals surface area contributed by atoms with Gasteiger partial charge in [-0.25, -0.2) is 4.79 Å². The molecule has 1 aliphatic heterocycles. The molecule has 7 nitrogen and oxygen atoms in total. The molecule has 1 saturated heterocycles. The summed E-state index contributed by atoms with van der Waals surface area (Å²) in [6, 6.07) is 0. The predicted octanol–water partition coefficient (Wildman–Crippen LogP) is -0.992. The van der Waals surface area contributed by atoms with Crippen LogP contribution in [0.25, 0.3) is 0 Å². The summed E-state index contributed by atoms with van der Waals surface area (Å²) >= 11 is 0. The molecule has 1 rings (SSSR count). The number of amides is 1. The summed E-state index contributed by atoms with van der Waals surface area (Å²) in [6.07, 6.45) is -0.765. The Hall–Kier alpha value is -1.18. The summed E-state index contributed by atoms with van der Waals surface area (Å²) < 4.78 is 15.0. The molecule has 2 atom stereocenters. The fourth-order valence-electron chi connectivity index (χ4n) is 1.43. The number of carboxylic acid groups (broad SMARTS) is 1. The Balaban J connectivity index is 2.60. The van der Waals surface area contributed by atoms with Gasteiger partial charge in [-0.05, 0) is 6.92 Å². The van der Waals surface area contributed by atoms with Gasteiger partial charge in [-0.3, -0.25) is 4.79 Å². The molecule has 2 N–H and O–H groups in total. The number of aliphatic carboxylic acids is 1.